The van der Waals surface area contributed by atoms with Gasteiger partial charge in [0.1, 0.15) is 11.4 Å². The number of nitrogens with zero attached hydrogens (tertiary/aromatic N) is 2. The van der Waals surface area contributed by atoms with Crippen LogP contribution < -0.4 is 16.4 Å². The Kier molecular flexibility index (Phi) is 26.7. The maximum Gasteiger partial charge on any atom is 0.354 e. The number of halogens is 1. The Morgan fingerprint density at radius 3 is 1.20 bits per heavy atom. The third-order valence-corrected chi connectivity index (χ3v) is 12.4. The summed E-state index contributed by atoms with van der Waals surface area (Å²) >= 11 is 0. The summed E-state index contributed by atoms with van der Waals surface area (Å²) in [5.74, 6) is -5.91. The van der Waals surface area contributed by atoms with Crippen molar-refractivity contribution in [2.45, 2.75) is 71.0 Å². The molecule has 2 aromatic heterocycles. The van der Waals surface area contributed by atoms with Crippen molar-refractivity contribution in [3.63, 3.8) is 0 Å². The summed E-state index contributed by atoms with van der Waals surface area (Å²) in [6.45, 7) is 2.20. The summed E-state index contributed by atoms with van der Waals surface area (Å²) in [6.07, 6.45) is 3.49. The molecule has 0 aliphatic carbocycles. The number of carbonyl (C=O) groups excluding carboxylic acids is 3. The molecule has 0 spiro atoms. The van der Waals surface area contributed by atoms with Crippen molar-refractivity contribution in [2.75, 3.05) is 6.61 Å². The molecule has 8 N–H and O–H groups in total. The zero-order valence-electron chi connectivity index (χ0n) is 44.7. The highest BCUT2D eigenvalue weighted by molar-refractivity contribution is 5.97. The number of amides is 2. The Labute approximate surface area is 487 Å². The van der Waals surface area contributed by atoms with Gasteiger partial charge in [0.15, 0.2) is 0 Å². The topological polar surface area (TPSA) is 285 Å². The first-order valence-corrected chi connectivity index (χ1v) is 25.8. The summed E-state index contributed by atoms with van der Waals surface area (Å²) in [6, 6.07) is 57.1. The molecule has 0 bridgehead atoms. The van der Waals surface area contributed by atoms with Crippen LogP contribution in [-0.4, -0.2) is 96.8 Å². The molecule has 83 heavy (non-hydrogen) atoms. The van der Waals surface area contributed by atoms with E-state index in [4.69, 9.17) is 20.7 Å². The van der Waals surface area contributed by atoms with Gasteiger partial charge in [-0.25, -0.2) is 14.6 Å². The molecule has 6 aromatic carbocycles. The Balaban J connectivity index is 0.000000269. The van der Waals surface area contributed by atoms with Crippen molar-refractivity contribution < 1.29 is 58.7 Å². The van der Waals surface area contributed by atoms with Gasteiger partial charge >= 0.3 is 29.8 Å². The lowest BCUT2D eigenvalue weighted by atomic mass is 9.99. The van der Waals surface area contributed by atoms with Crippen molar-refractivity contribution in [2.24, 2.45) is 5.73 Å². The lowest BCUT2D eigenvalue weighted by Crippen LogP contribution is -2.38. The van der Waals surface area contributed by atoms with Gasteiger partial charge in [0, 0.05) is 36.1 Å². The second-order valence-corrected chi connectivity index (χ2v) is 18.6. The second-order valence-electron chi connectivity index (χ2n) is 18.6. The van der Waals surface area contributed by atoms with E-state index in [1.165, 1.54) is 35.7 Å². The van der Waals surface area contributed by atoms with Crippen LogP contribution in [0, 0.1) is 0 Å². The van der Waals surface area contributed by atoms with E-state index >= 15 is 0 Å². The molecular weight excluding hydrogens is 1080 g/mol. The monoisotopic (exact) mass is 1140 g/mol. The van der Waals surface area contributed by atoms with Crippen molar-refractivity contribution >= 4 is 54.1 Å². The molecule has 0 saturated carbocycles. The molecule has 8 rings (SSSR count). The summed E-state index contributed by atoms with van der Waals surface area (Å²) in [5.41, 5.74) is 15.2. The van der Waals surface area contributed by atoms with Crippen molar-refractivity contribution in [1.29, 1.82) is 0 Å². The molecule has 0 fully saturated rings. The fourth-order valence-electron chi connectivity index (χ4n) is 8.44. The standard InChI is InChI=1S/2C23H20N2O5.C18H21NO2.CH4.ClH/c26-21(27)14-19(25-22(28)20-13-18(23(29)30)10-11-24-20)12-15-6-8-17(9-7-15)16-4-2-1-3-5-16;26-21(27)14-19(25-22(28)18-10-11-24-20(13-18)23(29)30)12-15-6-8-17(9-7-15)16-4-2-1-3-5-16;1-2-21-18(20)13-17(19)12-14-8-10-16(11-9-14)15-6-4-3-5-7-15;;/h2*1-11,13,19H,12,14H2,(H,25,28)(H,26,27)(H,29,30);3-11,17H,2,12-13,19H2,1H3;1H4;1H/t2*19-;17-;;/m111../s1. The first-order valence-electron chi connectivity index (χ1n) is 25.8. The summed E-state index contributed by atoms with van der Waals surface area (Å²) < 4.78 is 4.91. The van der Waals surface area contributed by atoms with Gasteiger partial charge in [0.2, 0.25) is 0 Å². The molecule has 0 radical (unpaired) electrons. The van der Waals surface area contributed by atoms with Crippen LogP contribution in [0.2, 0.25) is 0 Å². The number of nitrogens with two attached hydrogens (primary N) is 1. The van der Waals surface area contributed by atoms with Gasteiger partial charge in [-0.15, -0.1) is 12.4 Å². The molecule has 0 aliphatic rings. The Morgan fingerprint density at radius 2 is 0.819 bits per heavy atom. The number of aliphatic carboxylic acids is 2. The fraction of sp³-hybridized carbons (Fsp3) is 0.185. The SMILES string of the molecule is C.CCOC(=O)C[C@H](N)Cc1ccc(-c2ccccc2)cc1.Cl.O=C(O)C[C@@H](Cc1ccc(-c2ccccc2)cc1)NC(=O)c1cc(C(=O)O)ccn1.O=C(O)C[C@@H](Cc1ccc(-c2ccccc2)cc1)NC(=O)c1ccnc(C(=O)O)c1. The number of esters is 1. The first-order chi connectivity index (χ1) is 39.0. The normalized spacial score (nSPS) is 11.3. The fourth-order valence-corrected chi connectivity index (χ4v) is 8.44. The lowest BCUT2D eigenvalue weighted by molar-refractivity contribution is -0.143. The number of benzene rings is 6. The van der Waals surface area contributed by atoms with E-state index in [0.717, 1.165) is 51.1 Å². The second kappa shape index (κ2) is 33.7. The molecule has 2 amide bonds. The molecule has 8 aromatic rings. The number of aromatic nitrogens is 2. The summed E-state index contributed by atoms with van der Waals surface area (Å²) in [5, 5.41) is 41.8. The number of carboxylic acid groups (broad SMARTS) is 4. The molecule has 18 heteroatoms. The molecule has 0 aliphatic heterocycles. The van der Waals surface area contributed by atoms with Gasteiger partial charge in [0.05, 0.1) is 31.4 Å². The van der Waals surface area contributed by atoms with Crippen LogP contribution in [-0.2, 0) is 38.4 Å². The van der Waals surface area contributed by atoms with Gasteiger partial charge in [-0.05, 0) is 101 Å². The number of carbonyl (C=O) groups is 7. The quantitative estimate of drug-likeness (QED) is 0.0311. The van der Waals surface area contributed by atoms with E-state index in [0.29, 0.717) is 25.9 Å². The maximum atomic E-state index is 12.5. The summed E-state index contributed by atoms with van der Waals surface area (Å²) in [4.78, 5) is 88.6. The number of hydrogen-bond donors (Lipinski definition) is 7. The Hall–Kier alpha value is -9.84. The minimum Gasteiger partial charge on any atom is -0.481 e. The van der Waals surface area contributed by atoms with Gasteiger partial charge in [0.25, 0.3) is 11.8 Å². The van der Waals surface area contributed by atoms with Crippen LogP contribution in [0.1, 0.15) is 92.0 Å². The Morgan fingerprint density at radius 1 is 0.458 bits per heavy atom. The van der Waals surface area contributed by atoms with Crippen LogP contribution in [0.5, 0.6) is 0 Å². The largest absolute Gasteiger partial charge is 0.481 e. The predicted octanol–water partition coefficient (Wildman–Crippen LogP) is 10.8. The zero-order chi connectivity index (χ0) is 58.1. The number of ether oxygens (including phenoxy) is 1. The maximum absolute atomic E-state index is 12.5. The van der Waals surface area contributed by atoms with Crippen molar-refractivity contribution in [3.8, 4) is 33.4 Å². The molecular formula is C65H66ClN5O12. The highest BCUT2D eigenvalue weighted by Gasteiger charge is 2.21. The van der Waals surface area contributed by atoms with Crippen LogP contribution in [0.15, 0.2) is 200 Å². The molecule has 17 nitrogen and oxygen atoms in total. The molecule has 0 saturated heterocycles. The average Bonchev–Trinajstić information content (AvgIpc) is 3.56. The van der Waals surface area contributed by atoms with E-state index in [1.54, 1.807) is 6.92 Å². The first kappa shape index (κ1) is 65.7. The molecule has 2 heterocycles. The number of hydrogen-bond acceptors (Lipinski definition) is 11. The zero-order valence-corrected chi connectivity index (χ0v) is 45.5. The third-order valence-electron chi connectivity index (χ3n) is 12.4. The molecule has 430 valence electrons. The number of nitrogens with one attached hydrogen (secondary N) is 2. The predicted molar refractivity (Wildman–Crippen MR) is 319 cm³/mol. The van der Waals surface area contributed by atoms with Crippen molar-refractivity contribution in [3.05, 3.63) is 240 Å². The van der Waals surface area contributed by atoms with Crippen LogP contribution in [0.3, 0.4) is 0 Å². The minimum atomic E-state index is -1.25. The van der Waals surface area contributed by atoms with E-state index < -0.39 is 47.8 Å². The minimum absolute atomic E-state index is 0. The highest BCUT2D eigenvalue weighted by Crippen LogP contribution is 2.23. The highest BCUT2D eigenvalue weighted by atomic mass is 35.5. The average molecular weight is 1140 g/mol. The van der Waals surface area contributed by atoms with Crippen LogP contribution in [0.4, 0.5) is 0 Å². The third kappa shape index (κ3) is 22.0. The van der Waals surface area contributed by atoms with Crippen molar-refractivity contribution in [1.82, 2.24) is 20.6 Å². The van der Waals surface area contributed by atoms with E-state index in [-0.39, 0.29) is 73.6 Å². The van der Waals surface area contributed by atoms with E-state index in [9.17, 15) is 43.8 Å². The van der Waals surface area contributed by atoms with E-state index in [1.807, 2.05) is 127 Å². The number of aromatic carboxylic acids is 2. The van der Waals surface area contributed by atoms with Gasteiger partial charge in [-0.1, -0.05) is 171 Å². The van der Waals surface area contributed by atoms with Gasteiger partial charge < -0.3 is 41.5 Å². The Bertz CT molecular complexity index is 3200. The van der Waals surface area contributed by atoms with E-state index in [2.05, 4.69) is 57.0 Å². The summed E-state index contributed by atoms with van der Waals surface area (Å²) in [7, 11) is 0. The smallest absolute Gasteiger partial charge is 0.354 e. The number of pyridine rings is 2. The van der Waals surface area contributed by atoms with Crippen LogP contribution in [0.25, 0.3) is 33.4 Å². The van der Waals surface area contributed by atoms with Gasteiger partial charge in [-0.2, -0.15) is 0 Å². The van der Waals surface area contributed by atoms with Gasteiger partial charge in [-0.3, -0.25) is 29.0 Å². The van der Waals surface area contributed by atoms with Crippen LogP contribution >= 0.6 is 12.4 Å². The number of carboxylic acids is 4. The lowest BCUT2D eigenvalue weighted by Gasteiger charge is -2.17. The molecule has 0 unspecified atom stereocenters. The number of rotatable bonds is 22. The molecule has 3 atom stereocenters.